The molecule has 100 valence electrons. The summed E-state index contributed by atoms with van der Waals surface area (Å²) >= 11 is 0. The molecular formula is C14H17FN4. The third kappa shape index (κ3) is 4.21. The van der Waals surface area contributed by atoms with Gasteiger partial charge < -0.3 is 10.6 Å². The number of benzene rings is 1. The number of anilines is 2. The van der Waals surface area contributed by atoms with E-state index in [1.54, 1.807) is 24.5 Å². The van der Waals surface area contributed by atoms with Crippen LogP contribution in [0.5, 0.6) is 0 Å². The minimum absolute atomic E-state index is 0.202. The second-order valence-corrected chi connectivity index (χ2v) is 4.13. The van der Waals surface area contributed by atoms with Crippen LogP contribution in [0.15, 0.2) is 36.7 Å². The quantitative estimate of drug-likeness (QED) is 0.838. The highest BCUT2D eigenvalue weighted by Gasteiger charge is 1.99. The predicted molar refractivity (Wildman–Crippen MR) is 74.8 cm³/mol. The van der Waals surface area contributed by atoms with Gasteiger partial charge in [0.15, 0.2) is 0 Å². The van der Waals surface area contributed by atoms with Crippen molar-refractivity contribution in [3.8, 4) is 0 Å². The molecule has 0 radical (unpaired) electrons. The summed E-state index contributed by atoms with van der Waals surface area (Å²) in [7, 11) is 0. The van der Waals surface area contributed by atoms with Gasteiger partial charge in [-0.15, -0.1) is 0 Å². The number of nitrogens with zero attached hydrogens (tertiary/aromatic N) is 2. The lowest BCUT2D eigenvalue weighted by Crippen LogP contribution is -2.08. The Morgan fingerprint density at radius 3 is 2.68 bits per heavy atom. The molecule has 0 saturated heterocycles. The molecule has 1 aromatic heterocycles. The van der Waals surface area contributed by atoms with Gasteiger partial charge in [0.05, 0.1) is 12.4 Å². The fraction of sp³-hybridized carbons (Fsp3) is 0.286. The van der Waals surface area contributed by atoms with Gasteiger partial charge in [-0.2, -0.15) is 0 Å². The van der Waals surface area contributed by atoms with E-state index in [9.17, 15) is 4.39 Å². The molecule has 0 aliphatic heterocycles. The summed E-state index contributed by atoms with van der Waals surface area (Å²) in [5.74, 6) is 1.26. The van der Waals surface area contributed by atoms with Gasteiger partial charge in [-0.05, 0) is 31.0 Å². The average molecular weight is 260 g/mol. The van der Waals surface area contributed by atoms with Crippen molar-refractivity contribution in [2.45, 2.75) is 13.3 Å². The molecule has 0 saturated carbocycles. The van der Waals surface area contributed by atoms with E-state index in [0.717, 1.165) is 30.2 Å². The molecule has 5 heteroatoms. The Kier molecular flexibility index (Phi) is 4.66. The van der Waals surface area contributed by atoms with Crippen molar-refractivity contribution in [2.75, 3.05) is 23.7 Å². The number of nitrogens with one attached hydrogen (secondary N) is 2. The molecule has 0 fully saturated rings. The minimum Gasteiger partial charge on any atom is -0.369 e. The molecule has 0 unspecified atom stereocenters. The molecular weight excluding hydrogens is 243 g/mol. The molecule has 4 nitrogen and oxygen atoms in total. The van der Waals surface area contributed by atoms with Crippen LogP contribution in [-0.2, 0) is 6.42 Å². The molecule has 0 atom stereocenters. The van der Waals surface area contributed by atoms with Crippen LogP contribution in [-0.4, -0.2) is 23.1 Å². The summed E-state index contributed by atoms with van der Waals surface area (Å²) in [6.45, 7) is 3.50. The Balaban J connectivity index is 1.87. The summed E-state index contributed by atoms with van der Waals surface area (Å²) in [5, 5.41) is 6.28. The average Bonchev–Trinajstić information content (AvgIpc) is 2.40. The van der Waals surface area contributed by atoms with Crippen LogP contribution >= 0.6 is 0 Å². The van der Waals surface area contributed by atoms with E-state index in [2.05, 4.69) is 20.6 Å². The maximum atomic E-state index is 13.0. The van der Waals surface area contributed by atoms with Crippen LogP contribution in [0.4, 0.5) is 16.0 Å². The van der Waals surface area contributed by atoms with Crippen molar-refractivity contribution in [3.63, 3.8) is 0 Å². The maximum absolute atomic E-state index is 13.0. The van der Waals surface area contributed by atoms with Gasteiger partial charge in [0.25, 0.3) is 0 Å². The van der Waals surface area contributed by atoms with Crippen LogP contribution in [0, 0.1) is 5.82 Å². The van der Waals surface area contributed by atoms with E-state index in [1.807, 2.05) is 13.0 Å². The molecule has 2 N–H and O–H groups in total. The Hall–Kier alpha value is -2.17. The second-order valence-electron chi connectivity index (χ2n) is 4.13. The largest absolute Gasteiger partial charge is 0.369 e. The Bertz CT molecular complexity index is 530. The van der Waals surface area contributed by atoms with Crippen LogP contribution < -0.4 is 10.6 Å². The summed E-state index contributed by atoms with van der Waals surface area (Å²) in [6.07, 6.45) is 4.10. The molecule has 19 heavy (non-hydrogen) atoms. The van der Waals surface area contributed by atoms with Gasteiger partial charge in [0, 0.05) is 13.1 Å². The number of hydrogen-bond acceptors (Lipinski definition) is 4. The van der Waals surface area contributed by atoms with E-state index in [-0.39, 0.29) is 5.82 Å². The lowest BCUT2D eigenvalue weighted by Gasteiger charge is -2.07. The molecule has 2 aromatic rings. The third-order valence-electron chi connectivity index (χ3n) is 2.60. The van der Waals surface area contributed by atoms with Crippen molar-refractivity contribution < 1.29 is 4.39 Å². The molecule has 1 heterocycles. The first-order valence-corrected chi connectivity index (χ1v) is 6.32. The van der Waals surface area contributed by atoms with Gasteiger partial charge in [-0.25, -0.2) is 9.37 Å². The highest BCUT2D eigenvalue weighted by atomic mass is 19.1. The minimum atomic E-state index is -0.202. The number of aromatic nitrogens is 2. The zero-order valence-corrected chi connectivity index (χ0v) is 10.9. The van der Waals surface area contributed by atoms with E-state index in [0.29, 0.717) is 6.54 Å². The van der Waals surface area contributed by atoms with Crippen molar-refractivity contribution in [1.82, 2.24) is 9.97 Å². The van der Waals surface area contributed by atoms with Crippen molar-refractivity contribution in [1.29, 1.82) is 0 Å². The number of hydrogen-bond donors (Lipinski definition) is 2. The summed E-state index contributed by atoms with van der Waals surface area (Å²) in [6, 6.07) is 6.62. The zero-order chi connectivity index (χ0) is 13.5. The van der Waals surface area contributed by atoms with E-state index in [1.165, 1.54) is 6.07 Å². The fourth-order valence-electron chi connectivity index (χ4n) is 1.74. The Morgan fingerprint density at radius 2 is 1.95 bits per heavy atom. The van der Waals surface area contributed by atoms with Crippen LogP contribution in [0.3, 0.4) is 0 Å². The first-order valence-electron chi connectivity index (χ1n) is 6.32. The lowest BCUT2D eigenvalue weighted by molar-refractivity contribution is 0.625. The molecule has 0 aliphatic rings. The molecule has 1 aromatic carbocycles. The predicted octanol–water partition coefficient (Wildman–Crippen LogP) is 2.70. The SMILES string of the molecule is CCNc1cncc(NCCc2cccc(F)c2)n1. The maximum Gasteiger partial charge on any atom is 0.146 e. The highest BCUT2D eigenvalue weighted by Crippen LogP contribution is 2.08. The first kappa shape index (κ1) is 13.3. The molecule has 0 spiro atoms. The molecule has 0 bridgehead atoms. The van der Waals surface area contributed by atoms with Crippen LogP contribution in [0.25, 0.3) is 0 Å². The van der Waals surface area contributed by atoms with Crippen molar-refractivity contribution >= 4 is 11.6 Å². The second kappa shape index (κ2) is 6.68. The van der Waals surface area contributed by atoms with E-state index in [4.69, 9.17) is 0 Å². The van der Waals surface area contributed by atoms with Gasteiger partial charge in [0.2, 0.25) is 0 Å². The molecule has 2 rings (SSSR count). The molecule has 0 aliphatic carbocycles. The summed E-state index contributed by atoms with van der Waals surface area (Å²) in [5.41, 5.74) is 0.961. The zero-order valence-electron chi connectivity index (χ0n) is 10.9. The van der Waals surface area contributed by atoms with Gasteiger partial charge >= 0.3 is 0 Å². The smallest absolute Gasteiger partial charge is 0.146 e. The summed E-state index contributed by atoms with van der Waals surface area (Å²) in [4.78, 5) is 8.45. The molecule has 0 amide bonds. The van der Waals surface area contributed by atoms with Crippen LogP contribution in [0.1, 0.15) is 12.5 Å². The van der Waals surface area contributed by atoms with E-state index >= 15 is 0 Å². The fourth-order valence-corrected chi connectivity index (χ4v) is 1.74. The summed E-state index contributed by atoms with van der Waals surface area (Å²) < 4.78 is 13.0. The highest BCUT2D eigenvalue weighted by molar-refractivity contribution is 5.41. The van der Waals surface area contributed by atoms with Gasteiger partial charge in [-0.3, -0.25) is 4.98 Å². The standard InChI is InChI=1S/C14H17FN4/c1-2-17-13-9-16-10-14(19-13)18-7-6-11-4-3-5-12(15)8-11/h3-5,8-10H,2,6-7H2,1H3,(H2,17,18,19). The van der Waals surface area contributed by atoms with Crippen molar-refractivity contribution in [3.05, 3.63) is 48.0 Å². The van der Waals surface area contributed by atoms with Gasteiger partial charge in [-0.1, -0.05) is 12.1 Å². The Labute approximate surface area is 112 Å². The van der Waals surface area contributed by atoms with E-state index < -0.39 is 0 Å². The normalized spacial score (nSPS) is 10.2. The van der Waals surface area contributed by atoms with Crippen molar-refractivity contribution in [2.24, 2.45) is 0 Å². The lowest BCUT2D eigenvalue weighted by atomic mass is 10.1. The van der Waals surface area contributed by atoms with Gasteiger partial charge in [0.1, 0.15) is 17.5 Å². The van der Waals surface area contributed by atoms with Crippen LogP contribution in [0.2, 0.25) is 0 Å². The number of rotatable bonds is 6. The topological polar surface area (TPSA) is 49.8 Å². The Morgan fingerprint density at radius 1 is 1.16 bits per heavy atom. The monoisotopic (exact) mass is 260 g/mol. The third-order valence-corrected chi connectivity index (χ3v) is 2.60. The first-order chi connectivity index (χ1) is 9.28. The number of halogens is 1.